The van der Waals surface area contributed by atoms with Crippen molar-refractivity contribution in [2.75, 3.05) is 13.1 Å². The molecule has 0 radical (unpaired) electrons. The predicted octanol–water partition coefficient (Wildman–Crippen LogP) is 4.59. The third-order valence-corrected chi connectivity index (χ3v) is 5.40. The van der Waals surface area contributed by atoms with Gasteiger partial charge in [0.2, 0.25) is 0 Å². The Morgan fingerprint density at radius 2 is 1.26 bits per heavy atom. The van der Waals surface area contributed by atoms with E-state index in [9.17, 15) is 0 Å². The molecule has 1 fully saturated rings. The molecule has 0 spiro atoms. The van der Waals surface area contributed by atoms with Crippen molar-refractivity contribution in [2.24, 2.45) is 0 Å². The van der Waals surface area contributed by atoms with E-state index in [2.05, 4.69) is 96.7 Å². The zero-order valence-electron chi connectivity index (χ0n) is 15.9. The van der Waals surface area contributed by atoms with Crippen molar-refractivity contribution in [1.82, 2.24) is 4.81 Å². The molecule has 4 rings (SSSR count). The molecule has 0 aromatic heterocycles. The van der Waals surface area contributed by atoms with Crippen molar-refractivity contribution in [3.63, 3.8) is 0 Å². The quantitative estimate of drug-likeness (QED) is 0.600. The van der Waals surface area contributed by atoms with E-state index in [0.29, 0.717) is 0 Å². The Kier molecular flexibility index (Phi) is 5.71. The van der Waals surface area contributed by atoms with Crippen molar-refractivity contribution in [3.8, 4) is 0 Å². The molecule has 27 heavy (non-hydrogen) atoms. The van der Waals surface area contributed by atoms with Crippen LogP contribution in [0.2, 0.25) is 0 Å². The summed E-state index contributed by atoms with van der Waals surface area (Å²) < 4.78 is 6.90. The maximum absolute atomic E-state index is 6.90. The van der Waals surface area contributed by atoms with Gasteiger partial charge in [0.25, 0.3) is 0 Å². The zero-order valence-corrected chi connectivity index (χ0v) is 15.9. The summed E-state index contributed by atoms with van der Waals surface area (Å²) in [7, 11) is -0.0286. The first-order valence-corrected chi connectivity index (χ1v) is 9.88. The molecule has 3 heteroatoms. The monoisotopic (exact) mass is 355 g/mol. The van der Waals surface area contributed by atoms with Crippen LogP contribution in [0, 0.1) is 6.92 Å². The summed E-state index contributed by atoms with van der Waals surface area (Å²) in [5, 5.41) is 0. The Bertz CT molecular complexity index is 807. The second kappa shape index (κ2) is 8.56. The summed E-state index contributed by atoms with van der Waals surface area (Å²) in [6, 6.07) is 29.8. The van der Waals surface area contributed by atoms with E-state index in [1.807, 2.05) is 0 Å². The van der Waals surface area contributed by atoms with Crippen LogP contribution >= 0.6 is 0 Å². The number of benzene rings is 3. The highest BCUT2D eigenvalue weighted by molar-refractivity contribution is 6.65. The molecule has 0 unspecified atom stereocenters. The Hall–Kier alpha value is -2.36. The molecule has 1 aliphatic rings. The lowest BCUT2D eigenvalue weighted by Crippen LogP contribution is -2.50. The molecular weight excluding hydrogens is 329 g/mol. The highest BCUT2D eigenvalue weighted by Gasteiger charge is 2.34. The molecule has 2 nitrogen and oxygen atoms in total. The van der Waals surface area contributed by atoms with Gasteiger partial charge in [-0.25, -0.2) is 0 Å². The van der Waals surface area contributed by atoms with Gasteiger partial charge in [0.15, 0.2) is 0 Å². The second-order valence-electron chi connectivity index (χ2n) is 7.29. The van der Waals surface area contributed by atoms with Crippen molar-refractivity contribution in [2.45, 2.75) is 25.9 Å². The van der Waals surface area contributed by atoms with Crippen LogP contribution in [0.15, 0.2) is 84.9 Å². The van der Waals surface area contributed by atoms with Crippen molar-refractivity contribution in [1.29, 1.82) is 0 Å². The van der Waals surface area contributed by atoms with E-state index in [1.54, 1.807) is 0 Å². The van der Waals surface area contributed by atoms with Gasteiger partial charge in [-0.3, -0.25) is 0 Å². The number of hydrogen-bond acceptors (Lipinski definition) is 2. The van der Waals surface area contributed by atoms with E-state index in [1.165, 1.54) is 35.0 Å². The summed E-state index contributed by atoms with van der Waals surface area (Å²) in [6.45, 7) is 4.37. The highest BCUT2D eigenvalue weighted by atomic mass is 16.5. The molecule has 0 bridgehead atoms. The summed E-state index contributed by atoms with van der Waals surface area (Å²) >= 11 is 0. The van der Waals surface area contributed by atoms with Crippen LogP contribution < -0.4 is 5.46 Å². The van der Waals surface area contributed by atoms with Crippen LogP contribution in [0.1, 0.15) is 35.6 Å². The van der Waals surface area contributed by atoms with Crippen molar-refractivity contribution in [3.05, 3.63) is 102 Å². The van der Waals surface area contributed by atoms with Crippen molar-refractivity contribution < 1.29 is 4.65 Å². The fourth-order valence-corrected chi connectivity index (χ4v) is 3.93. The molecule has 0 atom stereocenters. The second-order valence-corrected chi connectivity index (χ2v) is 7.29. The van der Waals surface area contributed by atoms with Crippen LogP contribution in [-0.2, 0) is 4.65 Å². The third kappa shape index (κ3) is 4.15. The van der Waals surface area contributed by atoms with Crippen LogP contribution in [0.5, 0.6) is 0 Å². The summed E-state index contributed by atoms with van der Waals surface area (Å²) in [4.78, 5) is 2.49. The van der Waals surface area contributed by atoms with Gasteiger partial charge in [-0.05, 0) is 49.4 Å². The van der Waals surface area contributed by atoms with Crippen LogP contribution in [0.4, 0.5) is 0 Å². The molecule has 0 amide bonds. The fourth-order valence-electron chi connectivity index (χ4n) is 3.93. The number of aryl methyl sites for hydroxylation is 1. The lowest BCUT2D eigenvalue weighted by Gasteiger charge is -2.30. The Morgan fingerprint density at radius 1 is 0.741 bits per heavy atom. The van der Waals surface area contributed by atoms with Gasteiger partial charge in [0.05, 0.1) is 6.10 Å². The average Bonchev–Trinajstić information content (AvgIpc) is 3.26. The molecule has 3 aromatic rings. The van der Waals surface area contributed by atoms with Crippen LogP contribution in [0.25, 0.3) is 0 Å². The van der Waals surface area contributed by atoms with E-state index < -0.39 is 0 Å². The van der Waals surface area contributed by atoms with E-state index in [4.69, 9.17) is 4.65 Å². The maximum atomic E-state index is 6.90. The fraction of sp³-hybridized carbons (Fsp3) is 0.250. The van der Waals surface area contributed by atoms with Crippen LogP contribution in [-0.4, -0.2) is 25.0 Å². The summed E-state index contributed by atoms with van der Waals surface area (Å²) in [6.07, 6.45) is 2.40. The van der Waals surface area contributed by atoms with Gasteiger partial charge >= 0.3 is 7.05 Å². The molecule has 1 saturated heterocycles. The van der Waals surface area contributed by atoms with E-state index in [-0.39, 0.29) is 13.2 Å². The minimum atomic E-state index is -0.0855. The summed E-state index contributed by atoms with van der Waals surface area (Å²) in [5.74, 6) is 0. The Labute approximate surface area is 162 Å². The maximum Gasteiger partial charge on any atom is 0.419 e. The van der Waals surface area contributed by atoms with Gasteiger partial charge in [0.1, 0.15) is 0 Å². The Morgan fingerprint density at radius 3 is 1.81 bits per heavy atom. The molecule has 0 N–H and O–H groups in total. The van der Waals surface area contributed by atoms with Gasteiger partial charge in [-0.2, -0.15) is 0 Å². The minimum Gasteiger partial charge on any atom is -0.406 e. The van der Waals surface area contributed by atoms with Gasteiger partial charge in [-0.15, -0.1) is 0 Å². The van der Waals surface area contributed by atoms with Gasteiger partial charge in [-0.1, -0.05) is 90.5 Å². The van der Waals surface area contributed by atoms with Crippen molar-refractivity contribution >= 4 is 12.5 Å². The summed E-state index contributed by atoms with van der Waals surface area (Å²) in [5.41, 5.74) is 4.95. The molecule has 136 valence electrons. The molecular formula is C24H26BNO. The molecule has 0 aliphatic carbocycles. The molecule has 1 aliphatic heterocycles. The zero-order chi connectivity index (χ0) is 18.5. The largest absolute Gasteiger partial charge is 0.419 e. The minimum absolute atomic E-state index is 0.0286. The van der Waals surface area contributed by atoms with E-state index >= 15 is 0 Å². The normalized spacial score (nSPS) is 14.6. The lowest BCUT2D eigenvalue weighted by atomic mass is 9.68. The number of rotatable bonds is 6. The lowest BCUT2D eigenvalue weighted by molar-refractivity contribution is 0.221. The smallest absolute Gasteiger partial charge is 0.406 e. The van der Waals surface area contributed by atoms with Gasteiger partial charge in [0, 0.05) is 0 Å². The molecule has 0 saturated carbocycles. The first-order chi connectivity index (χ1) is 13.3. The molecule has 3 aromatic carbocycles. The number of nitrogens with zero attached hydrogens (tertiary/aromatic N) is 1. The first kappa shape index (κ1) is 18.0. The highest BCUT2D eigenvalue weighted by Crippen LogP contribution is 2.28. The number of hydrogen-bond donors (Lipinski definition) is 0. The van der Waals surface area contributed by atoms with Crippen LogP contribution in [0.3, 0.4) is 0 Å². The topological polar surface area (TPSA) is 12.5 Å². The third-order valence-electron chi connectivity index (χ3n) is 5.40. The molecule has 1 heterocycles. The van der Waals surface area contributed by atoms with Gasteiger partial charge < -0.3 is 9.47 Å². The standard InChI is InChI=1S/C24H26BNO/c1-20-12-8-9-17-23(20)25(26-18-10-11-19-26)27-24(21-13-4-2-5-14-21)22-15-6-3-7-16-22/h2-9,12-17,24H,10-11,18-19H2,1H3. The Balaban J connectivity index is 1.73. The predicted molar refractivity (Wildman–Crippen MR) is 113 cm³/mol. The average molecular weight is 355 g/mol. The van der Waals surface area contributed by atoms with E-state index in [0.717, 1.165) is 13.1 Å². The first-order valence-electron chi connectivity index (χ1n) is 9.88. The SMILES string of the molecule is Cc1ccccc1B(OC(c1ccccc1)c1ccccc1)N1CCCC1.